The van der Waals surface area contributed by atoms with E-state index in [1.165, 1.54) is 0 Å². The Labute approximate surface area is 178 Å². The molecule has 12 heteroatoms. The zero-order chi connectivity index (χ0) is 23.2. The molecule has 6 unspecified atom stereocenters. The highest BCUT2D eigenvalue weighted by Crippen LogP contribution is 2.32. The number of hydrogen-bond donors (Lipinski definition) is 7. The van der Waals surface area contributed by atoms with Crippen LogP contribution in [-0.4, -0.2) is 116 Å². The lowest BCUT2D eigenvalue weighted by Crippen LogP contribution is -2.61. The van der Waals surface area contributed by atoms with Crippen LogP contribution in [0, 0.1) is 12.3 Å². The van der Waals surface area contributed by atoms with Gasteiger partial charge in [0.05, 0.1) is 37.9 Å². The number of aliphatic hydroxyl groups is 7. The monoisotopic (exact) mass is 450 g/mol. The molecular weight excluding hydrogens is 420 g/mol. The van der Waals surface area contributed by atoms with Gasteiger partial charge in [-0.15, -0.1) is 12.3 Å². The second kappa shape index (κ2) is 11.5. The summed E-state index contributed by atoms with van der Waals surface area (Å²) in [5.41, 5.74) is -1.64. The summed E-state index contributed by atoms with van der Waals surface area (Å²) < 4.78 is 21.2. The highest BCUT2D eigenvalue weighted by Gasteiger charge is 2.49. The molecule has 2 aliphatic heterocycles. The van der Waals surface area contributed by atoms with Gasteiger partial charge in [-0.05, 0) is 0 Å². The fourth-order valence-electron chi connectivity index (χ4n) is 3.29. The van der Waals surface area contributed by atoms with Crippen molar-refractivity contribution in [3.63, 3.8) is 0 Å². The Bertz CT molecular complexity index is 623. The van der Waals surface area contributed by atoms with Gasteiger partial charge >= 0.3 is 5.97 Å². The van der Waals surface area contributed by atoms with Crippen LogP contribution >= 0.6 is 0 Å². The van der Waals surface area contributed by atoms with E-state index < -0.39 is 74.0 Å². The van der Waals surface area contributed by atoms with Crippen LogP contribution in [0.25, 0.3) is 0 Å². The summed E-state index contributed by atoms with van der Waals surface area (Å²) >= 11 is 0. The Morgan fingerprint density at radius 2 is 1.77 bits per heavy atom. The third-order valence-electron chi connectivity index (χ3n) is 5.14. The standard InChI is InChI=1S/C19H30O12/c1-2-3-4-13(24)29-9-19(8-20)6-12(23)15(26)18(31-19)30-17-16(27)14(25)11(22)5-10(21)7-28-17/h1,10-12,14-18,20-23,25-27H,3-9H2/t10?,11-,12?,14?,15?,16?,17-,18+,19?/m1/s1. The van der Waals surface area contributed by atoms with Crippen molar-refractivity contribution >= 4 is 5.97 Å². The van der Waals surface area contributed by atoms with E-state index in [9.17, 15) is 40.5 Å². The second-order valence-corrected chi connectivity index (χ2v) is 7.73. The van der Waals surface area contributed by atoms with Gasteiger partial charge in [-0.1, -0.05) is 0 Å². The molecule has 9 atom stereocenters. The summed E-state index contributed by atoms with van der Waals surface area (Å²) in [4.78, 5) is 11.7. The van der Waals surface area contributed by atoms with E-state index in [-0.39, 0.29) is 32.3 Å². The third-order valence-corrected chi connectivity index (χ3v) is 5.14. The minimum absolute atomic E-state index is 0.0617. The highest BCUT2D eigenvalue weighted by atomic mass is 16.8. The average molecular weight is 450 g/mol. The van der Waals surface area contributed by atoms with E-state index in [1.807, 2.05) is 0 Å². The number of hydrogen-bond acceptors (Lipinski definition) is 12. The van der Waals surface area contributed by atoms with Gasteiger partial charge in [0.25, 0.3) is 0 Å². The summed E-state index contributed by atoms with van der Waals surface area (Å²) in [6.45, 7) is -1.56. The van der Waals surface area contributed by atoms with Gasteiger partial charge < -0.3 is 54.7 Å². The van der Waals surface area contributed by atoms with Crippen LogP contribution in [0.4, 0.5) is 0 Å². The fourth-order valence-corrected chi connectivity index (χ4v) is 3.29. The molecule has 7 N–H and O–H groups in total. The first-order valence-corrected chi connectivity index (χ1v) is 9.85. The van der Waals surface area contributed by atoms with Crippen LogP contribution in [0.2, 0.25) is 0 Å². The quantitative estimate of drug-likeness (QED) is 0.149. The number of carbonyl (C=O) groups excluding carboxylic acids is 1. The number of aliphatic hydroxyl groups excluding tert-OH is 7. The van der Waals surface area contributed by atoms with E-state index in [4.69, 9.17) is 25.4 Å². The second-order valence-electron chi connectivity index (χ2n) is 7.73. The molecule has 0 aromatic heterocycles. The lowest BCUT2D eigenvalue weighted by molar-refractivity contribution is -0.365. The molecule has 2 aliphatic rings. The third kappa shape index (κ3) is 6.80. The van der Waals surface area contributed by atoms with Crippen molar-refractivity contribution in [2.45, 2.75) is 80.5 Å². The summed E-state index contributed by atoms with van der Waals surface area (Å²) in [6, 6.07) is 0. The van der Waals surface area contributed by atoms with Gasteiger partial charge in [0, 0.05) is 19.3 Å². The Morgan fingerprint density at radius 3 is 2.42 bits per heavy atom. The van der Waals surface area contributed by atoms with Gasteiger partial charge in [-0.25, -0.2) is 0 Å². The van der Waals surface area contributed by atoms with Gasteiger partial charge in [0.1, 0.15) is 30.5 Å². The molecule has 31 heavy (non-hydrogen) atoms. The molecule has 0 amide bonds. The van der Waals surface area contributed by atoms with Crippen molar-refractivity contribution in [2.75, 3.05) is 19.8 Å². The smallest absolute Gasteiger partial charge is 0.306 e. The number of rotatable bonds is 7. The lowest BCUT2D eigenvalue weighted by Gasteiger charge is -2.45. The van der Waals surface area contributed by atoms with E-state index in [0.717, 1.165) is 0 Å². The number of terminal acetylenes is 1. The van der Waals surface area contributed by atoms with Crippen LogP contribution in [0.15, 0.2) is 0 Å². The van der Waals surface area contributed by atoms with Gasteiger partial charge in [-0.3, -0.25) is 4.79 Å². The highest BCUT2D eigenvalue weighted by molar-refractivity contribution is 5.69. The van der Waals surface area contributed by atoms with Crippen molar-refractivity contribution in [2.24, 2.45) is 0 Å². The fraction of sp³-hybridized carbons (Fsp3) is 0.842. The molecule has 2 fully saturated rings. The molecule has 2 heterocycles. The summed E-state index contributed by atoms with van der Waals surface area (Å²) in [5, 5.41) is 70.2. The minimum Gasteiger partial charge on any atom is -0.462 e. The molecule has 2 saturated heterocycles. The summed E-state index contributed by atoms with van der Waals surface area (Å²) in [6.07, 6.45) is -8.01. The lowest BCUT2D eigenvalue weighted by atomic mass is 9.91. The van der Waals surface area contributed by atoms with Crippen molar-refractivity contribution in [1.82, 2.24) is 0 Å². The normalized spacial score (nSPS) is 41.6. The molecule has 178 valence electrons. The molecule has 0 bridgehead atoms. The predicted octanol–water partition coefficient (Wildman–Crippen LogP) is -3.65. The first-order valence-electron chi connectivity index (χ1n) is 9.85. The first kappa shape index (κ1) is 25.9. The Kier molecular flexibility index (Phi) is 9.59. The van der Waals surface area contributed by atoms with Crippen LogP contribution in [-0.2, 0) is 23.7 Å². The van der Waals surface area contributed by atoms with E-state index in [2.05, 4.69) is 5.92 Å². The largest absolute Gasteiger partial charge is 0.462 e. The predicted molar refractivity (Wildman–Crippen MR) is 99.8 cm³/mol. The molecule has 0 aromatic rings. The average Bonchev–Trinajstić information content (AvgIpc) is 2.75. The topological polar surface area (TPSA) is 196 Å². The summed E-state index contributed by atoms with van der Waals surface area (Å²) in [5.74, 6) is 1.63. The van der Waals surface area contributed by atoms with E-state index in [1.54, 1.807) is 0 Å². The Hall–Kier alpha value is -1.37. The molecule has 0 aliphatic carbocycles. The van der Waals surface area contributed by atoms with Crippen LogP contribution < -0.4 is 0 Å². The molecule has 12 nitrogen and oxygen atoms in total. The summed E-state index contributed by atoms with van der Waals surface area (Å²) in [7, 11) is 0. The van der Waals surface area contributed by atoms with E-state index in [0.29, 0.717) is 0 Å². The van der Waals surface area contributed by atoms with Crippen LogP contribution in [0.1, 0.15) is 25.7 Å². The number of carbonyl (C=O) groups is 1. The van der Waals surface area contributed by atoms with Gasteiger partial charge in [0.2, 0.25) is 0 Å². The zero-order valence-electron chi connectivity index (χ0n) is 16.8. The SMILES string of the molecule is C#CCCC(=O)OCC1(CO)CC(O)C(O)[C@@H](O[C@H]2OCC(O)C[C@@H](O)C(O)C2O)O1. The van der Waals surface area contributed by atoms with Gasteiger partial charge in [-0.2, -0.15) is 0 Å². The molecule has 0 spiro atoms. The maximum Gasteiger partial charge on any atom is 0.306 e. The van der Waals surface area contributed by atoms with Crippen LogP contribution in [0.5, 0.6) is 0 Å². The maximum atomic E-state index is 11.7. The number of ether oxygens (including phenoxy) is 4. The molecule has 2 rings (SSSR count). The Balaban J connectivity index is 2.10. The van der Waals surface area contributed by atoms with Crippen molar-refractivity contribution in [1.29, 1.82) is 0 Å². The maximum absolute atomic E-state index is 11.7. The van der Waals surface area contributed by atoms with Crippen LogP contribution in [0.3, 0.4) is 0 Å². The zero-order valence-corrected chi connectivity index (χ0v) is 16.8. The molecule has 0 saturated carbocycles. The molecule has 0 aromatic carbocycles. The van der Waals surface area contributed by atoms with Crippen molar-refractivity contribution in [3.8, 4) is 12.3 Å². The Morgan fingerprint density at radius 1 is 1.06 bits per heavy atom. The minimum atomic E-state index is -1.79. The van der Waals surface area contributed by atoms with Crippen molar-refractivity contribution in [3.05, 3.63) is 0 Å². The van der Waals surface area contributed by atoms with Gasteiger partial charge in [0.15, 0.2) is 12.6 Å². The first-order chi connectivity index (χ1) is 14.6. The molecular formula is C19H30O12. The van der Waals surface area contributed by atoms with E-state index >= 15 is 0 Å². The van der Waals surface area contributed by atoms with Crippen molar-refractivity contribution < 1.29 is 59.5 Å². The number of esters is 1. The molecule has 0 radical (unpaired) electrons.